The molecule has 36 heavy (non-hydrogen) atoms. The zero-order valence-corrected chi connectivity index (χ0v) is 20.9. The van der Waals surface area contributed by atoms with E-state index in [1.54, 1.807) is 4.90 Å². The number of para-hydroxylation sites is 1. The fraction of sp³-hybridized carbons (Fsp3) is 0.267. The van der Waals surface area contributed by atoms with E-state index >= 15 is 0 Å². The summed E-state index contributed by atoms with van der Waals surface area (Å²) in [7, 11) is 1.83. The Morgan fingerprint density at radius 3 is 2.19 bits per heavy atom. The molecule has 0 atom stereocenters. The molecule has 4 aromatic rings. The zero-order chi connectivity index (χ0) is 24.9. The molecule has 184 valence electrons. The molecule has 0 N–H and O–H groups in total. The molecule has 0 unspecified atom stereocenters. The Balaban J connectivity index is 1.19. The van der Waals surface area contributed by atoms with Gasteiger partial charge in [0.25, 0.3) is 5.91 Å². The van der Waals surface area contributed by atoms with E-state index in [0.717, 1.165) is 55.3 Å². The summed E-state index contributed by atoms with van der Waals surface area (Å²) in [4.78, 5) is 24.3. The minimum absolute atomic E-state index is 0.00989. The molecule has 3 aromatic carbocycles. The van der Waals surface area contributed by atoms with Gasteiger partial charge in [-0.15, -0.1) is 0 Å². The van der Waals surface area contributed by atoms with Crippen molar-refractivity contribution < 1.29 is 9.21 Å². The molecule has 1 aliphatic heterocycles. The number of hydrogen-bond acceptors (Lipinski definition) is 5. The monoisotopic (exact) mass is 480 g/mol. The zero-order valence-electron chi connectivity index (χ0n) is 20.9. The lowest BCUT2D eigenvalue weighted by molar-refractivity contribution is 0.0785. The Labute approximate surface area is 212 Å². The first-order valence-electron chi connectivity index (χ1n) is 12.5. The highest BCUT2D eigenvalue weighted by Gasteiger charge is 2.20. The van der Waals surface area contributed by atoms with E-state index in [0.29, 0.717) is 18.0 Å². The van der Waals surface area contributed by atoms with E-state index in [1.165, 1.54) is 5.69 Å². The van der Waals surface area contributed by atoms with Crippen LogP contribution in [0.1, 0.15) is 27.4 Å². The molecule has 0 radical (unpaired) electrons. The Morgan fingerprint density at radius 1 is 0.889 bits per heavy atom. The van der Waals surface area contributed by atoms with Crippen molar-refractivity contribution in [3.63, 3.8) is 0 Å². The second-order valence-electron chi connectivity index (χ2n) is 9.34. The molecule has 0 bridgehead atoms. The molecular weight excluding hydrogens is 448 g/mol. The maximum absolute atomic E-state index is 12.9. The van der Waals surface area contributed by atoms with Crippen LogP contribution in [-0.2, 0) is 13.1 Å². The fourth-order valence-corrected chi connectivity index (χ4v) is 4.62. The van der Waals surface area contributed by atoms with Gasteiger partial charge in [0.2, 0.25) is 5.89 Å². The number of aromatic nitrogens is 1. The number of piperazine rings is 1. The minimum Gasteiger partial charge on any atom is -0.441 e. The lowest BCUT2D eigenvalue weighted by atomic mass is 10.1. The number of amides is 1. The summed E-state index contributed by atoms with van der Waals surface area (Å²) < 4.78 is 6.02. The van der Waals surface area contributed by atoms with E-state index in [9.17, 15) is 4.79 Å². The van der Waals surface area contributed by atoms with Crippen LogP contribution in [0.15, 0.2) is 89.3 Å². The number of oxazole rings is 1. The minimum atomic E-state index is -0.00989. The second-order valence-corrected chi connectivity index (χ2v) is 9.34. The molecule has 2 heterocycles. The lowest BCUT2D eigenvalue weighted by Crippen LogP contribution is -2.46. The number of aryl methyl sites for hydroxylation is 1. The molecule has 0 spiro atoms. The molecule has 5 rings (SSSR count). The largest absolute Gasteiger partial charge is 0.441 e. The van der Waals surface area contributed by atoms with Gasteiger partial charge in [-0.25, -0.2) is 4.98 Å². The molecule has 1 saturated heterocycles. The van der Waals surface area contributed by atoms with Crippen molar-refractivity contribution >= 4 is 11.6 Å². The van der Waals surface area contributed by atoms with Crippen LogP contribution in [0.2, 0.25) is 0 Å². The van der Waals surface area contributed by atoms with Gasteiger partial charge in [-0.05, 0) is 48.9 Å². The maximum atomic E-state index is 12.9. The van der Waals surface area contributed by atoms with Gasteiger partial charge in [0.15, 0.2) is 0 Å². The molecule has 1 fully saturated rings. The Kier molecular flexibility index (Phi) is 7.14. The van der Waals surface area contributed by atoms with Crippen LogP contribution >= 0.6 is 0 Å². The summed E-state index contributed by atoms with van der Waals surface area (Å²) in [6.45, 7) is 7.31. The van der Waals surface area contributed by atoms with Crippen molar-refractivity contribution in [2.45, 2.75) is 20.0 Å². The van der Waals surface area contributed by atoms with Crippen LogP contribution in [0.3, 0.4) is 0 Å². The first kappa shape index (κ1) is 23.8. The first-order chi connectivity index (χ1) is 17.6. The second kappa shape index (κ2) is 10.8. The average molecular weight is 481 g/mol. The van der Waals surface area contributed by atoms with Gasteiger partial charge in [0.1, 0.15) is 5.76 Å². The highest BCUT2D eigenvalue weighted by molar-refractivity contribution is 5.94. The van der Waals surface area contributed by atoms with E-state index in [4.69, 9.17) is 9.40 Å². The predicted molar refractivity (Wildman–Crippen MR) is 143 cm³/mol. The SMILES string of the molecule is Cc1oc(-c2ccc(C(=O)N(C)Cc3ccccc3)cc2)nc1CN1CCN(c2ccccc2)CC1. The summed E-state index contributed by atoms with van der Waals surface area (Å²) in [6.07, 6.45) is 0. The Hall–Kier alpha value is -3.90. The molecular formula is C30H32N4O2. The van der Waals surface area contributed by atoms with Gasteiger partial charge in [0.05, 0.1) is 5.69 Å². The maximum Gasteiger partial charge on any atom is 0.253 e. The van der Waals surface area contributed by atoms with Gasteiger partial charge in [0, 0.05) is 63.1 Å². The van der Waals surface area contributed by atoms with Crippen LogP contribution in [0, 0.1) is 6.92 Å². The first-order valence-corrected chi connectivity index (χ1v) is 12.5. The summed E-state index contributed by atoms with van der Waals surface area (Å²) in [5.41, 5.74) is 4.89. The average Bonchev–Trinajstić information content (AvgIpc) is 3.29. The van der Waals surface area contributed by atoms with Gasteiger partial charge in [-0.2, -0.15) is 0 Å². The standard InChI is InChI=1S/C30H32N4O2/c1-23-28(22-33-17-19-34(20-18-33)27-11-7-4-8-12-27)31-29(36-23)25-13-15-26(16-14-25)30(35)32(2)21-24-9-5-3-6-10-24/h3-16H,17-22H2,1-2H3. The summed E-state index contributed by atoms with van der Waals surface area (Å²) >= 11 is 0. The van der Waals surface area contributed by atoms with E-state index < -0.39 is 0 Å². The third-order valence-electron chi connectivity index (χ3n) is 6.75. The third kappa shape index (κ3) is 5.50. The van der Waals surface area contributed by atoms with Crippen molar-refractivity contribution in [2.75, 3.05) is 38.1 Å². The number of carbonyl (C=O) groups is 1. The predicted octanol–water partition coefficient (Wildman–Crippen LogP) is 5.24. The summed E-state index contributed by atoms with van der Waals surface area (Å²) in [5, 5.41) is 0. The fourth-order valence-electron chi connectivity index (χ4n) is 4.62. The van der Waals surface area contributed by atoms with Crippen LogP contribution in [0.25, 0.3) is 11.5 Å². The number of rotatable bonds is 7. The number of anilines is 1. The third-order valence-corrected chi connectivity index (χ3v) is 6.75. The quantitative estimate of drug-likeness (QED) is 0.362. The van der Waals surface area contributed by atoms with Crippen LogP contribution in [0.5, 0.6) is 0 Å². The van der Waals surface area contributed by atoms with Crippen molar-refractivity contribution in [3.8, 4) is 11.5 Å². The van der Waals surface area contributed by atoms with E-state index in [1.807, 2.05) is 68.6 Å². The van der Waals surface area contributed by atoms with Crippen LogP contribution in [0.4, 0.5) is 5.69 Å². The van der Waals surface area contributed by atoms with Gasteiger partial charge in [-0.3, -0.25) is 9.69 Å². The Bertz CT molecular complexity index is 1280. The summed E-state index contributed by atoms with van der Waals surface area (Å²) in [6, 6.07) is 28.1. The number of hydrogen-bond donors (Lipinski definition) is 0. The molecule has 0 saturated carbocycles. The molecule has 6 heteroatoms. The lowest BCUT2D eigenvalue weighted by Gasteiger charge is -2.35. The number of carbonyl (C=O) groups excluding carboxylic acids is 1. The van der Waals surface area contributed by atoms with Crippen LogP contribution < -0.4 is 4.90 Å². The van der Waals surface area contributed by atoms with Crippen molar-refractivity contribution in [1.29, 1.82) is 0 Å². The number of nitrogens with zero attached hydrogens (tertiary/aromatic N) is 4. The van der Waals surface area contributed by atoms with Crippen molar-refractivity contribution in [2.24, 2.45) is 0 Å². The van der Waals surface area contributed by atoms with Crippen molar-refractivity contribution in [3.05, 3.63) is 108 Å². The highest BCUT2D eigenvalue weighted by Crippen LogP contribution is 2.24. The van der Waals surface area contributed by atoms with Gasteiger partial charge >= 0.3 is 0 Å². The van der Waals surface area contributed by atoms with E-state index in [2.05, 4.69) is 40.1 Å². The molecule has 1 amide bonds. The summed E-state index contributed by atoms with van der Waals surface area (Å²) in [5.74, 6) is 1.43. The van der Waals surface area contributed by atoms with Gasteiger partial charge < -0.3 is 14.2 Å². The van der Waals surface area contributed by atoms with E-state index in [-0.39, 0.29) is 5.91 Å². The Morgan fingerprint density at radius 2 is 1.53 bits per heavy atom. The van der Waals surface area contributed by atoms with Crippen LogP contribution in [-0.4, -0.2) is 53.9 Å². The highest BCUT2D eigenvalue weighted by atomic mass is 16.4. The molecule has 6 nitrogen and oxygen atoms in total. The molecule has 0 aliphatic carbocycles. The topological polar surface area (TPSA) is 52.8 Å². The van der Waals surface area contributed by atoms with Gasteiger partial charge in [-0.1, -0.05) is 48.5 Å². The number of benzene rings is 3. The molecule has 1 aromatic heterocycles. The van der Waals surface area contributed by atoms with Crippen molar-refractivity contribution in [1.82, 2.24) is 14.8 Å². The smallest absolute Gasteiger partial charge is 0.253 e. The molecule has 1 aliphatic rings. The normalized spacial score (nSPS) is 14.1.